The van der Waals surface area contributed by atoms with Crippen LogP contribution in [0.1, 0.15) is 22.8 Å². The Balaban J connectivity index is 1.52. The Bertz CT molecular complexity index is 1350. The molecule has 0 aromatic heterocycles. The molecule has 186 valence electrons. The van der Waals surface area contributed by atoms with Crippen molar-refractivity contribution in [2.75, 3.05) is 6.61 Å². The van der Waals surface area contributed by atoms with Crippen molar-refractivity contribution in [1.82, 2.24) is 0 Å². The highest BCUT2D eigenvalue weighted by molar-refractivity contribution is 7.88. The van der Waals surface area contributed by atoms with Crippen LogP contribution in [0.25, 0.3) is 0 Å². The lowest BCUT2D eigenvalue weighted by Gasteiger charge is -2.15. The fourth-order valence-corrected chi connectivity index (χ4v) is 3.67. The first-order valence-electron chi connectivity index (χ1n) is 10.4. The topological polar surface area (TPSA) is 104 Å². The predicted molar refractivity (Wildman–Crippen MR) is 120 cm³/mol. The van der Waals surface area contributed by atoms with E-state index in [-0.39, 0.29) is 17.9 Å². The van der Waals surface area contributed by atoms with Gasteiger partial charge in [-0.05, 0) is 48.0 Å². The minimum absolute atomic E-state index is 0.0654. The normalized spacial score (nSPS) is 15.9. The van der Waals surface area contributed by atoms with Crippen molar-refractivity contribution in [1.29, 1.82) is 5.26 Å². The van der Waals surface area contributed by atoms with Crippen LogP contribution in [-0.2, 0) is 30.7 Å². The van der Waals surface area contributed by atoms with Gasteiger partial charge >= 0.3 is 22.9 Å². The molecule has 1 fully saturated rings. The zero-order valence-electron chi connectivity index (χ0n) is 18.3. The molecule has 1 unspecified atom stereocenters. The third-order valence-electron chi connectivity index (χ3n) is 4.94. The molecular formula is C23H17BF3NO7S. The molecule has 1 saturated heterocycles. The zero-order chi connectivity index (χ0) is 25.8. The molecule has 0 saturated carbocycles. The molecule has 36 heavy (non-hydrogen) atoms. The van der Waals surface area contributed by atoms with Crippen molar-refractivity contribution >= 4 is 17.4 Å². The largest absolute Gasteiger partial charge is 0.640 e. The molecule has 0 bridgehead atoms. The molecular weight excluding hydrogens is 502 g/mol. The Morgan fingerprint density at radius 2 is 1.72 bits per heavy atom. The summed E-state index contributed by atoms with van der Waals surface area (Å²) in [6, 6.07) is 20.8. The summed E-state index contributed by atoms with van der Waals surface area (Å²) in [5.74, 6) is -0.104. The number of alkyl halides is 3. The number of rotatable bonds is 8. The number of nitriles is 1. The van der Waals surface area contributed by atoms with Crippen molar-refractivity contribution < 1.29 is 44.5 Å². The van der Waals surface area contributed by atoms with Gasteiger partial charge in [0.05, 0.1) is 31.0 Å². The Kier molecular flexibility index (Phi) is 7.51. The third kappa shape index (κ3) is 6.16. The summed E-state index contributed by atoms with van der Waals surface area (Å²) in [5, 5.41) is 8.90. The van der Waals surface area contributed by atoms with Crippen molar-refractivity contribution in [3.63, 3.8) is 0 Å². The summed E-state index contributed by atoms with van der Waals surface area (Å²) in [5.41, 5.74) is -4.43. The second kappa shape index (κ2) is 10.6. The van der Waals surface area contributed by atoms with E-state index in [1.54, 1.807) is 0 Å². The average molecular weight is 519 g/mol. The summed E-state index contributed by atoms with van der Waals surface area (Å²) < 4.78 is 88.4. The highest BCUT2D eigenvalue weighted by atomic mass is 32.2. The van der Waals surface area contributed by atoms with Gasteiger partial charge in [-0.1, -0.05) is 30.3 Å². The molecule has 8 nitrogen and oxygen atoms in total. The lowest BCUT2D eigenvalue weighted by molar-refractivity contribution is -0.0500. The van der Waals surface area contributed by atoms with E-state index in [4.69, 9.17) is 24.0 Å². The molecule has 4 rings (SSSR count). The van der Waals surface area contributed by atoms with E-state index in [9.17, 15) is 21.6 Å². The van der Waals surface area contributed by atoms with Gasteiger partial charge in [-0.25, -0.2) is 0 Å². The monoisotopic (exact) mass is 519 g/mol. The fraction of sp³-hybridized carbons (Fsp3) is 0.174. The minimum atomic E-state index is -5.92. The van der Waals surface area contributed by atoms with Crippen LogP contribution in [0.15, 0.2) is 72.8 Å². The summed E-state index contributed by atoms with van der Waals surface area (Å²) in [6.07, 6.45) is -0.413. The van der Waals surface area contributed by atoms with E-state index in [0.29, 0.717) is 11.3 Å². The Morgan fingerprint density at radius 1 is 1.03 bits per heavy atom. The predicted octanol–water partition coefficient (Wildman–Crippen LogP) is 4.87. The van der Waals surface area contributed by atoms with E-state index in [1.165, 1.54) is 36.4 Å². The third-order valence-corrected chi connectivity index (χ3v) is 5.91. The SMILES string of the molecule is N#Cc1ccc(Oc2ccc(OS(=O)(=O)C(F)(F)F)c(COB3OCC(c4ccccc4)O3)c2)cc1. The van der Waals surface area contributed by atoms with Gasteiger partial charge in [0.25, 0.3) is 0 Å². The van der Waals surface area contributed by atoms with Gasteiger partial charge in [-0.2, -0.15) is 26.9 Å². The van der Waals surface area contributed by atoms with Gasteiger partial charge in [-0.15, -0.1) is 0 Å². The molecule has 0 aliphatic carbocycles. The van der Waals surface area contributed by atoms with Crippen LogP contribution in [-0.4, -0.2) is 27.9 Å². The van der Waals surface area contributed by atoms with Crippen LogP contribution in [0.5, 0.6) is 17.2 Å². The molecule has 1 aliphatic rings. The second-order valence-corrected chi connectivity index (χ2v) is 9.00. The van der Waals surface area contributed by atoms with Crippen molar-refractivity contribution in [3.8, 4) is 23.3 Å². The number of hydrogen-bond donors (Lipinski definition) is 0. The molecule has 1 atom stereocenters. The lowest BCUT2D eigenvalue weighted by atomic mass is 10.1. The van der Waals surface area contributed by atoms with Crippen molar-refractivity contribution in [3.05, 3.63) is 89.5 Å². The van der Waals surface area contributed by atoms with E-state index >= 15 is 0 Å². The van der Waals surface area contributed by atoms with Crippen LogP contribution < -0.4 is 8.92 Å². The fourth-order valence-electron chi connectivity index (χ4n) is 3.18. The van der Waals surface area contributed by atoms with Gasteiger partial charge in [-0.3, -0.25) is 0 Å². The van der Waals surface area contributed by atoms with Crippen LogP contribution >= 0.6 is 0 Å². The van der Waals surface area contributed by atoms with E-state index in [0.717, 1.165) is 11.6 Å². The summed E-state index contributed by atoms with van der Waals surface area (Å²) in [6.45, 7) is -0.234. The molecule has 0 radical (unpaired) electrons. The van der Waals surface area contributed by atoms with Gasteiger partial charge in [0.15, 0.2) is 0 Å². The van der Waals surface area contributed by atoms with Crippen molar-refractivity contribution in [2.45, 2.75) is 18.2 Å². The second-order valence-electron chi connectivity index (χ2n) is 7.46. The molecule has 3 aromatic rings. The summed E-state index contributed by atoms with van der Waals surface area (Å²) in [4.78, 5) is 0. The maximum Gasteiger partial charge on any atom is 0.640 e. The van der Waals surface area contributed by atoms with Gasteiger partial charge in [0.2, 0.25) is 0 Å². The van der Waals surface area contributed by atoms with Gasteiger partial charge in [0, 0.05) is 5.56 Å². The van der Waals surface area contributed by atoms with Crippen LogP contribution in [0.4, 0.5) is 13.2 Å². The van der Waals surface area contributed by atoms with E-state index < -0.39 is 41.4 Å². The number of nitrogens with zero attached hydrogens (tertiary/aromatic N) is 1. The van der Waals surface area contributed by atoms with Crippen LogP contribution in [0.3, 0.4) is 0 Å². The van der Waals surface area contributed by atoms with Crippen LogP contribution in [0.2, 0.25) is 0 Å². The molecule has 3 aromatic carbocycles. The Morgan fingerprint density at radius 3 is 2.39 bits per heavy atom. The quantitative estimate of drug-likeness (QED) is 0.236. The van der Waals surface area contributed by atoms with E-state index in [2.05, 4.69) is 4.18 Å². The standard InChI is InChI=1S/C23H17BF3NO7S/c25-23(26,27)36(29,30)35-21-11-10-20(33-19-8-6-16(13-28)7-9-19)12-18(21)14-31-24-32-15-22(34-24)17-4-2-1-3-5-17/h1-12,22H,14-15H2. The molecule has 1 heterocycles. The maximum atomic E-state index is 12.9. The molecule has 1 aliphatic heterocycles. The van der Waals surface area contributed by atoms with Gasteiger partial charge < -0.3 is 22.9 Å². The van der Waals surface area contributed by atoms with E-state index in [1.807, 2.05) is 36.4 Å². The average Bonchev–Trinajstić information content (AvgIpc) is 3.33. The molecule has 13 heteroatoms. The van der Waals surface area contributed by atoms with Crippen LogP contribution in [0, 0.1) is 11.3 Å². The summed E-state index contributed by atoms with van der Waals surface area (Å²) >= 11 is 0. The first-order valence-corrected chi connectivity index (χ1v) is 11.8. The smallest absolute Gasteiger partial charge is 0.457 e. The maximum absolute atomic E-state index is 12.9. The van der Waals surface area contributed by atoms with Crippen molar-refractivity contribution in [2.24, 2.45) is 0 Å². The Labute approximate surface area is 205 Å². The Hall–Kier alpha value is -3.57. The molecule has 0 N–H and O–H groups in total. The first-order chi connectivity index (χ1) is 17.1. The zero-order valence-corrected chi connectivity index (χ0v) is 19.2. The number of halogens is 3. The first kappa shape index (κ1) is 25.5. The number of ether oxygens (including phenoxy) is 1. The highest BCUT2D eigenvalue weighted by Crippen LogP contribution is 2.34. The number of benzene rings is 3. The van der Waals surface area contributed by atoms with Gasteiger partial charge in [0.1, 0.15) is 17.2 Å². The number of hydrogen-bond acceptors (Lipinski definition) is 8. The summed E-state index contributed by atoms with van der Waals surface area (Å²) in [7, 11) is -7.07. The molecule has 0 amide bonds. The molecule has 0 spiro atoms. The lowest BCUT2D eigenvalue weighted by Crippen LogP contribution is -2.28. The highest BCUT2D eigenvalue weighted by Gasteiger charge is 2.49. The minimum Gasteiger partial charge on any atom is -0.457 e.